The fourth-order valence-electron chi connectivity index (χ4n) is 5.05. The number of hydrogen-bond acceptors (Lipinski definition) is 4. The number of fused-ring (bicyclic) bond motifs is 1. The van der Waals surface area contributed by atoms with Crippen molar-refractivity contribution in [1.82, 2.24) is 9.88 Å². The van der Waals surface area contributed by atoms with Gasteiger partial charge in [0.05, 0.1) is 24.4 Å². The van der Waals surface area contributed by atoms with Crippen molar-refractivity contribution in [3.63, 3.8) is 0 Å². The fraction of sp³-hybridized carbons (Fsp3) is 0.267. The van der Waals surface area contributed by atoms with Crippen molar-refractivity contribution in [3.05, 3.63) is 100 Å². The molecule has 36 heavy (non-hydrogen) atoms. The number of aliphatic hydroxyl groups excluding tert-OH is 1. The van der Waals surface area contributed by atoms with Crippen molar-refractivity contribution in [1.29, 1.82) is 0 Å². The number of aromatic amines is 1. The average Bonchev–Trinajstić information content (AvgIpc) is 3.51. The number of carbonyl (C=O) groups is 2. The number of aromatic nitrogens is 1. The van der Waals surface area contributed by atoms with E-state index in [2.05, 4.69) is 25.8 Å². The van der Waals surface area contributed by atoms with Crippen molar-refractivity contribution in [2.45, 2.75) is 52.6 Å². The first-order chi connectivity index (χ1) is 17.1. The largest absolute Gasteiger partial charge is 0.507 e. The van der Waals surface area contributed by atoms with Crippen molar-refractivity contribution in [2.75, 3.05) is 0 Å². The highest BCUT2D eigenvalue weighted by Gasteiger charge is 2.48. The number of nitrogens with one attached hydrogen (secondary N) is 1. The van der Waals surface area contributed by atoms with Gasteiger partial charge in [-0.25, -0.2) is 0 Å². The highest BCUT2D eigenvalue weighted by atomic mass is 16.3. The van der Waals surface area contributed by atoms with E-state index >= 15 is 0 Å². The lowest BCUT2D eigenvalue weighted by Gasteiger charge is -2.25. The number of benzene rings is 2. The van der Waals surface area contributed by atoms with Crippen LogP contribution >= 0.6 is 0 Å². The number of carbonyl (C=O) groups excluding carboxylic acids is 2. The van der Waals surface area contributed by atoms with Crippen molar-refractivity contribution in [2.24, 2.45) is 0 Å². The Morgan fingerprint density at radius 1 is 1.06 bits per heavy atom. The first-order valence-electron chi connectivity index (χ1n) is 12.1. The number of aryl methyl sites for hydroxylation is 2. The predicted molar refractivity (Wildman–Crippen MR) is 139 cm³/mol. The van der Waals surface area contributed by atoms with Gasteiger partial charge in [0, 0.05) is 27.7 Å². The molecule has 0 radical (unpaired) electrons. The Morgan fingerprint density at radius 2 is 1.81 bits per heavy atom. The molecule has 1 saturated heterocycles. The molecule has 2 aromatic heterocycles. The molecule has 4 aromatic rings. The minimum atomic E-state index is -0.774. The summed E-state index contributed by atoms with van der Waals surface area (Å²) in [5.41, 5.74) is 4.88. The molecule has 1 amide bonds. The van der Waals surface area contributed by atoms with Gasteiger partial charge in [-0.1, -0.05) is 51.1 Å². The minimum absolute atomic E-state index is 0.0913. The van der Waals surface area contributed by atoms with E-state index in [0.29, 0.717) is 11.3 Å². The molecule has 0 aliphatic carbocycles. The summed E-state index contributed by atoms with van der Waals surface area (Å²) in [6, 6.07) is 16.4. The van der Waals surface area contributed by atoms with Gasteiger partial charge in [0.1, 0.15) is 11.5 Å². The molecule has 1 fully saturated rings. The molecule has 5 rings (SSSR count). The van der Waals surface area contributed by atoms with Crippen LogP contribution in [0.15, 0.2) is 70.9 Å². The highest BCUT2D eigenvalue weighted by molar-refractivity contribution is 6.46. The quantitative estimate of drug-likeness (QED) is 0.203. The van der Waals surface area contributed by atoms with E-state index in [1.54, 1.807) is 18.4 Å². The van der Waals surface area contributed by atoms with Crippen molar-refractivity contribution < 1.29 is 19.1 Å². The normalized spacial score (nSPS) is 17.9. The van der Waals surface area contributed by atoms with Crippen LogP contribution in [0.4, 0.5) is 0 Å². The summed E-state index contributed by atoms with van der Waals surface area (Å²) in [6.07, 6.45) is 1.54. The number of likely N-dealkylation sites (tertiary alicyclic amines) is 1. The second-order valence-corrected chi connectivity index (χ2v) is 10.5. The summed E-state index contributed by atoms with van der Waals surface area (Å²) >= 11 is 0. The maximum atomic E-state index is 13.6. The zero-order chi connectivity index (χ0) is 25.8. The van der Waals surface area contributed by atoms with Gasteiger partial charge in [-0.2, -0.15) is 0 Å². The maximum Gasteiger partial charge on any atom is 0.296 e. The summed E-state index contributed by atoms with van der Waals surface area (Å²) in [4.78, 5) is 31.9. The summed E-state index contributed by atoms with van der Waals surface area (Å²) in [5.74, 6) is -0.958. The molecule has 6 nitrogen and oxygen atoms in total. The molecule has 0 bridgehead atoms. The van der Waals surface area contributed by atoms with Crippen LogP contribution < -0.4 is 0 Å². The van der Waals surface area contributed by atoms with Crippen LogP contribution in [-0.4, -0.2) is 26.7 Å². The first kappa shape index (κ1) is 23.7. The van der Waals surface area contributed by atoms with E-state index in [4.69, 9.17) is 4.42 Å². The zero-order valence-electron chi connectivity index (χ0n) is 21.2. The number of aliphatic hydroxyl groups is 1. The molecular formula is C30H30N2O4. The van der Waals surface area contributed by atoms with Gasteiger partial charge < -0.3 is 19.4 Å². The topological polar surface area (TPSA) is 86.5 Å². The van der Waals surface area contributed by atoms with E-state index in [9.17, 15) is 14.7 Å². The Labute approximate surface area is 210 Å². The Hall–Kier alpha value is -4.06. The molecule has 2 N–H and O–H groups in total. The van der Waals surface area contributed by atoms with Gasteiger partial charge in [-0.15, -0.1) is 0 Å². The number of H-pyrrole nitrogens is 1. The Kier molecular flexibility index (Phi) is 5.62. The molecule has 2 aromatic carbocycles. The monoisotopic (exact) mass is 482 g/mol. The maximum absolute atomic E-state index is 13.6. The van der Waals surface area contributed by atoms with E-state index < -0.39 is 17.7 Å². The van der Waals surface area contributed by atoms with Crippen LogP contribution in [0.1, 0.15) is 60.5 Å². The van der Waals surface area contributed by atoms with Gasteiger partial charge in [0.25, 0.3) is 11.7 Å². The Balaban J connectivity index is 1.77. The smallest absolute Gasteiger partial charge is 0.296 e. The molecule has 1 atom stereocenters. The van der Waals surface area contributed by atoms with E-state index in [-0.39, 0.29) is 23.3 Å². The summed E-state index contributed by atoms with van der Waals surface area (Å²) in [5, 5.41) is 12.6. The minimum Gasteiger partial charge on any atom is -0.507 e. The van der Waals surface area contributed by atoms with Crippen molar-refractivity contribution in [3.8, 4) is 0 Å². The second kappa shape index (κ2) is 8.55. The van der Waals surface area contributed by atoms with Crippen LogP contribution in [0.3, 0.4) is 0 Å². The molecule has 1 unspecified atom stereocenters. The summed E-state index contributed by atoms with van der Waals surface area (Å²) in [7, 11) is 0. The number of amides is 1. The number of rotatable bonds is 4. The first-order valence-corrected chi connectivity index (χ1v) is 12.1. The number of hydrogen-bond donors (Lipinski definition) is 2. The third-order valence-electron chi connectivity index (χ3n) is 7.02. The number of nitrogens with zero attached hydrogens (tertiary/aromatic N) is 1. The van der Waals surface area contributed by atoms with Gasteiger partial charge in [-0.3, -0.25) is 9.59 Å². The van der Waals surface area contributed by atoms with Gasteiger partial charge in [0.15, 0.2) is 0 Å². The number of Topliss-reactive ketones (excluding diaryl/α,β-unsaturated/α-hetero) is 1. The van der Waals surface area contributed by atoms with Crippen LogP contribution in [0.25, 0.3) is 16.7 Å². The average molecular weight is 483 g/mol. The Bertz CT molecular complexity index is 1520. The van der Waals surface area contributed by atoms with E-state index in [0.717, 1.165) is 33.3 Å². The molecular weight excluding hydrogens is 452 g/mol. The molecule has 6 heteroatoms. The second-order valence-electron chi connectivity index (χ2n) is 10.5. The van der Waals surface area contributed by atoms with Crippen LogP contribution in [-0.2, 0) is 21.5 Å². The van der Waals surface area contributed by atoms with E-state index in [1.165, 1.54) is 4.90 Å². The zero-order valence-corrected chi connectivity index (χ0v) is 21.2. The van der Waals surface area contributed by atoms with Gasteiger partial charge in [0.2, 0.25) is 0 Å². The standard InChI is InChI=1S/C30H30N2O4/c1-17-12-13-19(30(3,4)5)15-22(17)27(33)25-26(24-18(2)31-23-11-7-6-10-21(23)24)32(29(35)28(25)34)16-20-9-8-14-36-20/h6-15,26,31,33H,16H2,1-5H3/b27-25+. The lowest BCUT2D eigenvalue weighted by atomic mass is 9.84. The Morgan fingerprint density at radius 3 is 2.50 bits per heavy atom. The molecule has 0 spiro atoms. The lowest BCUT2D eigenvalue weighted by Crippen LogP contribution is -2.29. The lowest BCUT2D eigenvalue weighted by molar-refractivity contribution is -0.140. The summed E-state index contributed by atoms with van der Waals surface area (Å²) in [6.45, 7) is 10.2. The molecule has 1 aliphatic heterocycles. The van der Waals surface area contributed by atoms with Crippen LogP contribution in [0.5, 0.6) is 0 Å². The molecule has 184 valence electrons. The predicted octanol–water partition coefficient (Wildman–Crippen LogP) is 6.30. The number of furan rings is 1. The van der Waals surface area contributed by atoms with Crippen LogP contribution in [0.2, 0.25) is 0 Å². The summed E-state index contributed by atoms with van der Waals surface area (Å²) < 4.78 is 5.52. The number of ketones is 1. The van der Waals surface area contributed by atoms with Crippen molar-refractivity contribution >= 4 is 28.4 Å². The molecule has 0 saturated carbocycles. The fourth-order valence-corrected chi connectivity index (χ4v) is 5.05. The highest BCUT2D eigenvalue weighted by Crippen LogP contribution is 2.44. The van der Waals surface area contributed by atoms with Gasteiger partial charge >= 0.3 is 0 Å². The number of para-hydroxylation sites is 1. The van der Waals surface area contributed by atoms with Crippen LogP contribution in [0, 0.1) is 13.8 Å². The van der Waals surface area contributed by atoms with Gasteiger partial charge in [-0.05, 0) is 54.7 Å². The SMILES string of the molecule is Cc1ccc(C(C)(C)C)cc1/C(O)=C1\C(=O)C(=O)N(Cc2ccco2)C1c1c(C)[nH]c2ccccc12. The molecule has 1 aliphatic rings. The third-order valence-corrected chi connectivity index (χ3v) is 7.02. The van der Waals surface area contributed by atoms with E-state index in [1.807, 2.05) is 56.3 Å². The molecule has 3 heterocycles. The third kappa shape index (κ3) is 3.83.